The van der Waals surface area contributed by atoms with E-state index >= 15 is 0 Å². The molecule has 0 spiro atoms. The lowest BCUT2D eigenvalue weighted by molar-refractivity contribution is 0.670. The van der Waals surface area contributed by atoms with Gasteiger partial charge in [0.05, 0.1) is 29.9 Å². The fourth-order valence-electron chi connectivity index (χ4n) is 3.08. The van der Waals surface area contributed by atoms with E-state index in [1.807, 2.05) is 29.2 Å². The van der Waals surface area contributed by atoms with Crippen molar-refractivity contribution < 1.29 is 0 Å². The second-order valence-electron chi connectivity index (χ2n) is 5.62. The summed E-state index contributed by atoms with van der Waals surface area (Å²) in [6, 6.07) is 5.89. The van der Waals surface area contributed by atoms with Crippen molar-refractivity contribution in [3.05, 3.63) is 47.3 Å². The molecule has 0 saturated heterocycles. The number of nitrogens with zero attached hydrogens (tertiary/aromatic N) is 5. The highest BCUT2D eigenvalue weighted by atomic mass is 35.5. The van der Waals surface area contributed by atoms with Gasteiger partial charge in [-0.1, -0.05) is 11.6 Å². The van der Waals surface area contributed by atoms with Crippen LogP contribution in [0.5, 0.6) is 0 Å². The lowest BCUT2D eigenvalue weighted by Crippen LogP contribution is -2.06. The molecule has 1 aliphatic heterocycles. The summed E-state index contributed by atoms with van der Waals surface area (Å²) in [7, 11) is 0. The first kappa shape index (κ1) is 11.5. The van der Waals surface area contributed by atoms with Crippen LogP contribution in [-0.4, -0.2) is 24.3 Å². The largest absolute Gasteiger partial charge is 0.300 e. The van der Waals surface area contributed by atoms with Crippen LogP contribution in [-0.2, 0) is 6.54 Å². The fourth-order valence-corrected chi connectivity index (χ4v) is 3.25. The summed E-state index contributed by atoms with van der Waals surface area (Å²) in [5.74, 6) is 1.47. The average Bonchev–Trinajstić information content (AvgIpc) is 3.11. The van der Waals surface area contributed by atoms with Crippen LogP contribution in [0.1, 0.15) is 30.1 Å². The lowest BCUT2D eigenvalue weighted by atomic mass is 10.1. The Bertz CT molecular complexity index is 859. The van der Waals surface area contributed by atoms with E-state index in [1.54, 1.807) is 6.33 Å². The number of hydrogen-bond acceptors (Lipinski definition) is 3. The maximum absolute atomic E-state index is 6.17. The highest BCUT2D eigenvalue weighted by Crippen LogP contribution is 2.43. The number of aromatic nitrogens is 5. The van der Waals surface area contributed by atoms with Crippen LogP contribution in [0.2, 0.25) is 5.02 Å². The van der Waals surface area contributed by atoms with Crippen LogP contribution >= 0.6 is 11.6 Å². The molecule has 21 heavy (non-hydrogen) atoms. The number of benzene rings is 1. The van der Waals surface area contributed by atoms with Crippen molar-refractivity contribution in [1.29, 1.82) is 0 Å². The Hall–Kier alpha value is -2.14. The maximum atomic E-state index is 6.17. The van der Waals surface area contributed by atoms with Gasteiger partial charge in [-0.2, -0.15) is 5.10 Å². The van der Waals surface area contributed by atoms with E-state index in [0.29, 0.717) is 17.5 Å². The summed E-state index contributed by atoms with van der Waals surface area (Å²) in [6.07, 6.45) is 5.99. The first-order chi connectivity index (χ1) is 10.3. The monoisotopic (exact) mass is 297 g/mol. The summed E-state index contributed by atoms with van der Waals surface area (Å²) in [5, 5.41) is 5.07. The van der Waals surface area contributed by atoms with E-state index in [2.05, 4.69) is 19.6 Å². The van der Waals surface area contributed by atoms with Crippen LogP contribution in [0.15, 0.2) is 30.9 Å². The third-order valence-corrected chi connectivity index (χ3v) is 4.47. The molecule has 6 heteroatoms. The number of halogens is 1. The zero-order chi connectivity index (χ0) is 14.0. The van der Waals surface area contributed by atoms with Crippen molar-refractivity contribution in [2.24, 2.45) is 0 Å². The van der Waals surface area contributed by atoms with E-state index < -0.39 is 0 Å². The lowest BCUT2D eigenvalue weighted by Gasteiger charge is -2.08. The van der Waals surface area contributed by atoms with Gasteiger partial charge in [0.1, 0.15) is 6.33 Å². The van der Waals surface area contributed by atoms with E-state index in [-0.39, 0.29) is 0 Å². The summed E-state index contributed by atoms with van der Waals surface area (Å²) in [5.41, 5.74) is 4.49. The fraction of sp³-hybridized carbons (Fsp3) is 0.267. The first-order valence-electron chi connectivity index (χ1n) is 7.05. The third-order valence-electron chi connectivity index (χ3n) is 4.24. The summed E-state index contributed by atoms with van der Waals surface area (Å²) in [4.78, 5) is 9.06. The zero-order valence-corrected chi connectivity index (χ0v) is 12.0. The molecule has 1 aromatic carbocycles. The predicted octanol–water partition coefficient (Wildman–Crippen LogP) is 3.02. The molecule has 0 N–H and O–H groups in total. The van der Waals surface area contributed by atoms with Gasteiger partial charge in [0, 0.05) is 16.5 Å². The van der Waals surface area contributed by atoms with Crippen LogP contribution < -0.4 is 0 Å². The Balaban J connectivity index is 1.84. The molecule has 104 valence electrons. The summed E-state index contributed by atoms with van der Waals surface area (Å²) >= 11 is 6.17. The van der Waals surface area contributed by atoms with Gasteiger partial charge in [0.25, 0.3) is 0 Å². The van der Waals surface area contributed by atoms with Gasteiger partial charge in [0.15, 0.2) is 5.82 Å². The molecule has 0 unspecified atom stereocenters. The zero-order valence-electron chi connectivity index (χ0n) is 11.2. The normalized spacial score (nSPS) is 16.0. The SMILES string of the molecule is Clc1ccc2c(c1)-c1ncnn1Cc1c(C3CC3)ncn1-2. The van der Waals surface area contributed by atoms with Crippen LogP contribution in [0.25, 0.3) is 17.1 Å². The van der Waals surface area contributed by atoms with E-state index in [1.165, 1.54) is 24.2 Å². The molecule has 1 fully saturated rings. The minimum Gasteiger partial charge on any atom is -0.300 e. The molecule has 1 saturated carbocycles. The Morgan fingerprint density at radius 1 is 1.19 bits per heavy atom. The van der Waals surface area contributed by atoms with Crippen molar-refractivity contribution in [2.45, 2.75) is 25.3 Å². The van der Waals surface area contributed by atoms with E-state index in [4.69, 9.17) is 11.6 Å². The average molecular weight is 298 g/mol. The molecule has 2 aliphatic rings. The molecule has 0 atom stereocenters. The van der Waals surface area contributed by atoms with Crippen LogP contribution in [0.4, 0.5) is 0 Å². The topological polar surface area (TPSA) is 48.5 Å². The van der Waals surface area contributed by atoms with Gasteiger partial charge in [-0.05, 0) is 31.0 Å². The Kier molecular flexibility index (Phi) is 2.16. The van der Waals surface area contributed by atoms with Crippen molar-refractivity contribution in [2.75, 3.05) is 0 Å². The molecular weight excluding hydrogens is 286 g/mol. The molecule has 2 aromatic heterocycles. The minimum atomic E-state index is 0.613. The molecule has 5 rings (SSSR count). The quantitative estimate of drug-likeness (QED) is 0.542. The van der Waals surface area contributed by atoms with Crippen molar-refractivity contribution in [1.82, 2.24) is 24.3 Å². The molecule has 1 aliphatic carbocycles. The number of fused-ring (bicyclic) bond motifs is 5. The second kappa shape index (κ2) is 3.95. The number of rotatable bonds is 1. The van der Waals surface area contributed by atoms with Crippen molar-refractivity contribution in [3.63, 3.8) is 0 Å². The minimum absolute atomic E-state index is 0.613. The van der Waals surface area contributed by atoms with E-state index in [9.17, 15) is 0 Å². The number of imidazole rings is 1. The molecule has 0 bridgehead atoms. The van der Waals surface area contributed by atoms with Gasteiger partial charge >= 0.3 is 0 Å². The molecule has 3 heterocycles. The number of hydrogen-bond donors (Lipinski definition) is 0. The van der Waals surface area contributed by atoms with Crippen LogP contribution in [0, 0.1) is 0 Å². The highest BCUT2D eigenvalue weighted by molar-refractivity contribution is 6.31. The Morgan fingerprint density at radius 3 is 2.95 bits per heavy atom. The third kappa shape index (κ3) is 1.61. The summed E-state index contributed by atoms with van der Waals surface area (Å²) < 4.78 is 4.09. The highest BCUT2D eigenvalue weighted by Gasteiger charge is 2.32. The standard InChI is InChI=1S/C15H12ClN5/c16-10-3-4-12-11(5-10)15-17-7-19-21(15)6-13-14(9-1-2-9)18-8-20(12)13/h3-5,7-9H,1-2,6H2. The first-order valence-corrected chi connectivity index (χ1v) is 7.43. The van der Waals surface area contributed by atoms with Gasteiger partial charge < -0.3 is 4.57 Å². The van der Waals surface area contributed by atoms with Gasteiger partial charge in [-0.15, -0.1) is 0 Å². The second-order valence-corrected chi connectivity index (χ2v) is 6.06. The molecule has 5 nitrogen and oxygen atoms in total. The van der Waals surface area contributed by atoms with Gasteiger partial charge in [-0.3, -0.25) is 0 Å². The van der Waals surface area contributed by atoms with E-state index in [0.717, 1.165) is 17.1 Å². The molecule has 3 aromatic rings. The summed E-state index contributed by atoms with van der Waals surface area (Å²) in [6.45, 7) is 0.702. The predicted molar refractivity (Wildman–Crippen MR) is 78.7 cm³/mol. The Morgan fingerprint density at radius 2 is 2.10 bits per heavy atom. The van der Waals surface area contributed by atoms with Crippen molar-refractivity contribution in [3.8, 4) is 17.1 Å². The smallest absolute Gasteiger partial charge is 0.160 e. The van der Waals surface area contributed by atoms with Crippen molar-refractivity contribution >= 4 is 11.6 Å². The molecule has 0 radical (unpaired) electrons. The Labute approximate surface area is 126 Å². The van der Waals surface area contributed by atoms with Gasteiger partial charge in [-0.25, -0.2) is 14.6 Å². The molecular formula is C15H12ClN5. The molecule has 0 amide bonds. The maximum Gasteiger partial charge on any atom is 0.160 e. The van der Waals surface area contributed by atoms with Crippen LogP contribution in [0.3, 0.4) is 0 Å². The van der Waals surface area contributed by atoms with Gasteiger partial charge in [0.2, 0.25) is 0 Å².